The lowest BCUT2D eigenvalue weighted by Gasteiger charge is -2.16. The molecule has 0 saturated heterocycles. The van der Waals surface area contributed by atoms with E-state index < -0.39 is 24.0 Å². The second-order valence-corrected chi connectivity index (χ2v) is 7.34. The van der Waals surface area contributed by atoms with E-state index in [9.17, 15) is 14.4 Å². The van der Waals surface area contributed by atoms with Crippen LogP contribution in [-0.4, -0.2) is 29.0 Å². The molecule has 2 aromatic rings. The van der Waals surface area contributed by atoms with Gasteiger partial charge in [0.05, 0.1) is 0 Å². The van der Waals surface area contributed by atoms with Crippen LogP contribution >= 0.6 is 0 Å². The lowest BCUT2D eigenvalue weighted by Crippen LogP contribution is -2.42. The van der Waals surface area contributed by atoms with Crippen LogP contribution in [0.4, 0.5) is 4.79 Å². The molecule has 0 aliphatic heterocycles. The second-order valence-electron chi connectivity index (χ2n) is 7.34. The average Bonchev–Trinajstić information content (AvgIpc) is 3.50. The van der Waals surface area contributed by atoms with E-state index in [0.717, 1.165) is 17.0 Å². The van der Waals surface area contributed by atoms with E-state index in [1.165, 1.54) is 18.9 Å². The summed E-state index contributed by atoms with van der Waals surface area (Å²) in [7, 11) is 0. The third-order valence-corrected chi connectivity index (χ3v) is 4.98. The largest absolute Gasteiger partial charge is 0.444 e. The maximum atomic E-state index is 12.5. The van der Waals surface area contributed by atoms with E-state index in [0.29, 0.717) is 18.2 Å². The maximum absolute atomic E-state index is 12.5. The SMILES string of the molecule is CCNC(=O)NC(=O)[C@H](OC(=O)/C=C/c1cc(C)n(C2CC2)c1C)c1ccccc1. The predicted molar refractivity (Wildman–Crippen MR) is 114 cm³/mol. The molecular formula is C23H27N3O4. The molecule has 1 aromatic carbocycles. The second kappa shape index (κ2) is 9.43. The number of imide groups is 1. The summed E-state index contributed by atoms with van der Waals surface area (Å²) in [6.07, 6.45) is 4.15. The van der Waals surface area contributed by atoms with Crippen molar-refractivity contribution in [3.8, 4) is 0 Å². The number of carbonyl (C=O) groups excluding carboxylic acids is 3. The Labute approximate surface area is 176 Å². The number of ether oxygens (including phenoxy) is 1. The normalized spacial score (nSPS) is 14.4. The number of aromatic nitrogens is 1. The molecule has 2 N–H and O–H groups in total. The Bertz CT molecular complexity index is 958. The molecular weight excluding hydrogens is 382 g/mol. The van der Waals surface area contributed by atoms with Gasteiger partial charge in [-0.2, -0.15) is 0 Å². The molecule has 7 nitrogen and oxygen atoms in total. The number of amides is 3. The summed E-state index contributed by atoms with van der Waals surface area (Å²) in [5, 5.41) is 4.69. The summed E-state index contributed by atoms with van der Waals surface area (Å²) in [5.41, 5.74) is 3.69. The van der Waals surface area contributed by atoms with E-state index in [1.807, 2.05) is 13.0 Å². The van der Waals surface area contributed by atoms with Crippen molar-refractivity contribution < 1.29 is 19.1 Å². The van der Waals surface area contributed by atoms with Crippen LogP contribution in [-0.2, 0) is 14.3 Å². The summed E-state index contributed by atoms with van der Waals surface area (Å²) in [5.74, 6) is -1.37. The maximum Gasteiger partial charge on any atom is 0.331 e. The van der Waals surface area contributed by atoms with Crippen molar-refractivity contribution in [2.24, 2.45) is 0 Å². The molecule has 3 rings (SSSR count). The predicted octanol–water partition coefficient (Wildman–Crippen LogP) is 3.58. The van der Waals surface area contributed by atoms with Crippen LogP contribution in [0.25, 0.3) is 6.08 Å². The van der Waals surface area contributed by atoms with Crippen LogP contribution in [0.3, 0.4) is 0 Å². The van der Waals surface area contributed by atoms with Crippen LogP contribution in [0.1, 0.15) is 54.4 Å². The molecule has 1 saturated carbocycles. The molecule has 1 aliphatic carbocycles. The molecule has 7 heteroatoms. The summed E-state index contributed by atoms with van der Waals surface area (Å²) in [4.78, 5) is 36.7. The Morgan fingerprint density at radius 1 is 1.20 bits per heavy atom. The minimum Gasteiger partial charge on any atom is -0.444 e. The van der Waals surface area contributed by atoms with Crippen molar-refractivity contribution in [1.29, 1.82) is 0 Å². The summed E-state index contributed by atoms with van der Waals surface area (Å²) < 4.78 is 7.70. The van der Waals surface area contributed by atoms with Crippen molar-refractivity contribution in [2.75, 3.05) is 6.54 Å². The van der Waals surface area contributed by atoms with Gasteiger partial charge in [-0.1, -0.05) is 30.3 Å². The first-order chi connectivity index (χ1) is 14.4. The number of carbonyl (C=O) groups is 3. The summed E-state index contributed by atoms with van der Waals surface area (Å²) in [6.45, 7) is 6.20. The van der Waals surface area contributed by atoms with E-state index in [-0.39, 0.29) is 0 Å². The molecule has 1 fully saturated rings. The molecule has 158 valence electrons. The number of rotatable bonds is 7. The van der Waals surface area contributed by atoms with Crippen LogP contribution < -0.4 is 10.6 Å². The number of hydrogen-bond acceptors (Lipinski definition) is 4. The number of aryl methyl sites for hydroxylation is 1. The van der Waals surface area contributed by atoms with Crippen molar-refractivity contribution in [2.45, 2.75) is 45.8 Å². The highest BCUT2D eigenvalue weighted by Crippen LogP contribution is 2.38. The van der Waals surface area contributed by atoms with Gasteiger partial charge in [0.15, 0.2) is 0 Å². The Morgan fingerprint density at radius 2 is 1.90 bits per heavy atom. The quantitative estimate of drug-likeness (QED) is 0.540. The molecule has 30 heavy (non-hydrogen) atoms. The van der Waals surface area contributed by atoms with Gasteiger partial charge in [0, 0.05) is 35.6 Å². The molecule has 0 bridgehead atoms. The Morgan fingerprint density at radius 3 is 2.53 bits per heavy atom. The van der Waals surface area contributed by atoms with Crippen LogP contribution in [0.2, 0.25) is 0 Å². The molecule has 1 aliphatic rings. The average molecular weight is 409 g/mol. The van der Waals surface area contributed by atoms with Crippen LogP contribution in [0.5, 0.6) is 0 Å². The van der Waals surface area contributed by atoms with Crippen molar-refractivity contribution in [3.63, 3.8) is 0 Å². The zero-order chi connectivity index (χ0) is 21.7. The van der Waals surface area contributed by atoms with Crippen molar-refractivity contribution >= 4 is 24.0 Å². The summed E-state index contributed by atoms with van der Waals surface area (Å²) >= 11 is 0. The first-order valence-electron chi connectivity index (χ1n) is 10.1. The van der Waals surface area contributed by atoms with Gasteiger partial charge in [-0.25, -0.2) is 9.59 Å². The van der Waals surface area contributed by atoms with E-state index in [4.69, 9.17) is 4.74 Å². The minimum absolute atomic E-state index is 0.372. The standard InChI is InChI=1S/C23H27N3O4/c1-4-24-23(29)25-22(28)21(17-8-6-5-7-9-17)30-20(27)13-10-18-14-15(2)26(16(18)3)19-11-12-19/h5-10,13-14,19,21H,4,11-12H2,1-3H3,(H2,24,25,28,29)/b13-10+/t21-/m1/s1. The third kappa shape index (κ3) is 5.17. The molecule has 1 atom stereocenters. The van der Waals surface area contributed by atoms with Gasteiger partial charge in [0.25, 0.3) is 5.91 Å². The third-order valence-electron chi connectivity index (χ3n) is 4.98. The lowest BCUT2D eigenvalue weighted by atomic mass is 10.1. The van der Waals surface area contributed by atoms with Crippen LogP contribution in [0.15, 0.2) is 42.5 Å². The first-order valence-corrected chi connectivity index (χ1v) is 10.1. The molecule has 0 radical (unpaired) electrons. The summed E-state index contributed by atoms with van der Waals surface area (Å²) in [6, 6.07) is 10.6. The highest BCUT2D eigenvalue weighted by atomic mass is 16.5. The topological polar surface area (TPSA) is 89.4 Å². The molecule has 0 spiro atoms. The van der Waals surface area contributed by atoms with E-state index >= 15 is 0 Å². The Hall–Kier alpha value is -3.35. The molecule has 3 amide bonds. The van der Waals surface area contributed by atoms with Gasteiger partial charge in [-0.3, -0.25) is 10.1 Å². The number of benzene rings is 1. The van der Waals surface area contributed by atoms with Gasteiger partial charge in [0.2, 0.25) is 6.10 Å². The monoisotopic (exact) mass is 409 g/mol. The van der Waals surface area contributed by atoms with Crippen LogP contribution in [0, 0.1) is 13.8 Å². The number of hydrogen-bond donors (Lipinski definition) is 2. The number of esters is 1. The molecule has 1 aromatic heterocycles. The van der Waals surface area contributed by atoms with Gasteiger partial charge in [-0.15, -0.1) is 0 Å². The number of urea groups is 1. The first kappa shape index (κ1) is 21.4. The molecule has 1 heterocycles. The smallest absolute Gasteiger partial charge is 0.331 e. The molecule has 0 unspecified atom stereocenters. The van der Waals surface area contributed by atoms with E-state index in [2.05, 4.69) is 22.1 Å². The highest BCUT2D eigenvalue weighted by Gasteiger charge is 2.27. The zero-order valence-corrected chi connectivity index (χ0v) is 17.5. The zero-order valence-electron chi connectivity index (χ0n) is 17.5. The Kier molecular flexibility index (Phi) is 6.72. The van der Waals surface area contributed by atoms with Gasteiger partial charge >= 0.3 is 12.0 Å². The number of nitrogens with zero attached hydrogens (tertiary/aromatic N) is 1. The highest BCUT2D eigenvalue weighted by molar-refractivity contribution is 5.98. The van der Waals surface area contributed by atoms with Gasteiger partial charge in [0.1, 0.15) is 0 Å². The van der Waals surface area contributed by atoms with E-state index in [1.54, 1.807) is 43.3 Å². The number of nitrogens with one attached hydrogen (secondary N) is 2. The fraction of sp³-hybridized carbons (Fsp3) is 0.348. The fourth-order valence-corrected chi connectivity index (χ4v) is 3.46. The fourth-order valence-electron chi connectivity index (χ4n) is 3.46. The Balaban J connectivity index is 1.73. The van der Waals surface area contributed by atoms with Crippen molar-refractivity contribution in [3.05, 3.63) is 65.0 Å². The van der Waals surface area contributed by atoms with Gasteiger partial charge < -0.3 is 14.6 Å². The lowest BCUT2D eigenvalue weighted by molar-refractivity contribution is -0.151. The van der Waals surface area contributed by atoms with Crippen molar-refractivity contribution in [1.82, 2.24) is 15.2 Å². The van der Waals surface area contributed by atoms with Gasteiger partial charge in [-0.05, 0) is 51.3 Å². The minimum atomic E-state index is -1.23.